The third-order valence-corrected chi connectivity index (χ3v) is 4.75. The molecule has 0 radical (unpaired) electrons. The Hall–Kier alpha value is -2.57. The Morgan fingerprint density at radius 3 is 2.57 bits per heavy atom. The highest BCUT2D eigenvalue weighted by Crippen LogP contribution is 2.21. The standard InChI is InChI=1S/C21H33N5O2/c1-4-16(3)25-19(27)12-13-23-21(22-5-2)24-15-17-8-10-18(11-9-17)26-14-6-7-20(26)28/h8-11,16H,4-7,12-15H2,1-3H3,(H,25,27)(H2,22,23,24). The second kappa shape index (κ2) is 11.3. The number of carbonyl (C=O) groups excluding carboxylic acids is 2. The Labute approximate surface area is 168 Å². The summed E-state index contributed by atoms with van der Waals surface area (Å²) in [6.45, 7) is 8.67. The first-order valence-corrected chi connectivity index (χ1v) is 10.2. The van der Waals surface area contributed by atoms with Crippen molar-refractivity contribution in [1.29, 1.82) is 0 Å². The summed E-state index contributed by atoms with van der Waals surface area (Å²) in [5.41, 5.74) is 2.02. The summed E-state index contributed by atoms with van der Waals surface area (Å²) in [6.07, 6.45) is 2.90. The number of amides is 2. The fourth-order valence-corrected chi connectivity index (χ4v) is 2.96. The van der Waals surface area contributed by atoms with E-state index in [1.807, 2.05) is 43.0 Å². The van der Waals surface area contributed by atoms with E-state index in [1.54, 1.807) is 0 Å². The van der Waals surface area contributed by atoms with Crippen molar-refractivity contribution in [2.75, 3.05) is 24.5 Å². The molecular weight excluding hydrogens is 354 g/mol. The van der Waals surface area contributed by atoms with Gasteiger partial charge in [-0.05, 0) is 44.4 Å². The van der Waals surface area contributed by atoms with Gasteiger partial charge in [0.15, 0.2) is 5.96 Å². The molecule has 1 aliphatic rings. The van der Waals surface area contributed by atoms with Gasteiger partial charge in [0.05, 0.1) is 6.54 Å². The molecular formula is C21H33N5O2. The molecule has 0 bridgehead atoms. The number of hydrogen-bond acceptors (Lipinski definition) is 3. The van der Waals surface area contributed by atoms with E-state index >= 15 is 0 Å². The van der Waals surface area contributed by atoms with Crippen molar-refractivity contribution in [2.24, 2.45) is 4.99 Å². The average Bonchev–Trinajstić information content (AvgIpc) is 3.12. The van der Waals surface area contributed by atoms with Crippen LogP contribution in [0.1, 0.15) is 52.0 Å². The first-order chi connectivity index (χ1) is 13.5. The Morgan fingerprint density at radius 2 is 1.96 bits per heavy atom. The summed E-state index contributed by atoms with van der Waals surface area (Å²) < 4.78 is 0. The molecule has 2 rings (SSSR count). The first-order valence-electron chi connectivity index (χ1n) is 10.2. The molecule has 1 saturated heterocycles. The average molecular weight is 388 g/mol. The zero-order chi connectivity index (χ0) is 20.4. The number of rotatable bonds is 9. The van der Waals surface area contributed by atoms with Gasteiger partial charge in [0.25, 0.3) is 0 Å². The molecule has 1 aliphatic heterocycles. The second-order valence-corrected chi connectivity index (χ2v) is 7.06. The predicted molar refractivity (Wildman–Crippen MR) is 113 cm³/mol. The maximum absolute atomic E-state index is 11.9. The van der Waals surface area contributed by atoms with E-state index in [2.05, 4.69) is 27.9 Å². The third-order valence-electron chi connectivity index (χ3n) is 4.75. The molecule has 7 nitrogen and oxygen atoms in total. The predicted octanol–water partition coefficient (Wildman–Crippen LogP) is 2.17. The van der Waals surface area contributed by atoms with Crippen molar-refractivity contribution in [1.82, 2.24) is 16.0 Å². The van der Waals surface area contributed by atoms with Gasteiger partial charge in [-0.25, -0.2) is 4.99 Å². The van der Waals surface area contributed by atoms with E-state index in [1.165, 1.54) is 0 Å². The van der Waals surface area contributed by atoms with Crippen LogP contribution in [0, 0.1) is 0 Å². The lowest BCUT2D eigenvalue weighted by Crippen LogP contribution is -2.40. The van der Waals surface area contributed by atoms with E-state index < -0.39 is 0 Å². The lowest BCUT2D eigenvalue weighted by atomic mass is 10.2. The Bertz CT molecular complexity index is 672. The normalized spacial score (nSPS) is 15.5. The molecule has 1 atom stereocenters. The molecule has 28 heavy (non-hydrogen) atoms. The SMILES string of the molecule is CCNC(=NCc1ccc(N2CCCC2=O)cc1)NCCC(=O)NC(C)CC. The summed E-state index contributed by atoms with van der Waals surface area (Å²) in [4.78, 5) is 30.1. The van der Waals surface area contributed by atoms with Crippen molar-refractivity contribution in [3.8, 4) is 0 Å². The highest BCUT2D eigenvalue weighted by Gasteiger charge is 2.21. The number of nitrogens with one attached hydrogen (secondary N) is 3. The highest BCUT2D eigenvalue weighted by atomic mass is 16.2. The molecule has 0 spiro atoms. The minimum absolute atomic E-state index is 0.0461. The van der Waals surface area contributed by atoms with E-state index in [-0.39, 0.29) is 17.9 Å². The van der Waals surface area contributed by atoms with Crippen LogP contribution in [0.15, 0.2) is 29.3 Å². The summed E-state index contributed by atoms with van der Waals surface area (Å²) >= 11 is 0. The molecule has 0 saturated carbocycles. The number of aliphatic imine (C=N–C) groups is 1. The van der Waals surface area contributed by atoms with E-state index in [0.29, 0.717) is 31.9 Å². The zero-order valence-electron chi connectivity index (χ0n) is 17.3. The Morgan fingerprint density at radius 1 is 1.21 bits per heavy atom. The summed E-state index contributed by atoms with van der Waals surface area (Å²) in [7, 11) is 0. The molecule has 0 aliphatic carbocycles. The van der Waals surface area contributed by atoms with Crippen LogP contribution >= 0.6 is 0 Å². The Balaban J connectivity index is 1.84. The van der Waals surface area contributed by atoms with Crippen LogP contribution in [0.25, 0.3) is 0 Å². The zero-order valence-corrected chi connectivity index (χ0v) is 17.3. The molecule has 1 aromatic carbocycles. The van der Waals surface area contributed by atoms with Crippen molar-refractivity contribution >= 4 is 23.5 Å². The number of anilines is 1. The van der Waals surface area contributed by atoms with Gasteiger partial charge < -0.3 is 20.9 Å². The smallest absolute Gasteiger partial charge is 0.227 e. The lowest BCUT2D eigenvalue weighted by molar-refractivity contribution is -0.121. The van der Waals surface area contributed by atoms with Gasteiger partial charge in [0, 0.05) is 44.2 Å². The minimum Gasteiger partial charge on any atom is -0.357 e. The van der Waals surface area contributed by atoms with Crippen molar-refractivity contribution in [3.63, 3.8) is 0 Å². The number of benzene rings is 1. The van der Waals surface area contributed by atoms with Crippen LogP contribution in [0.2, 0.25) is 0 Å². The summed E-state index contributed by atoms with van der Waals surface area (Å²) in [6, 6.07) is 8.18. The van der Waals surface area contributed by atoms with E-state index in [9.17, 15) is 9.59 Å². The van der Waals surface area contributed by atoms with Gasteiger partial charge in [-0.3, -0.25) is 9.59 Å². The topological polar surface area (TPSA) is 85.8 Å². The van der Waals surface area contributed by atoms with Crippen molar-refractivity contribution in [3.05, 3.63) is 29.8 Å². The first kappa shape index (κ1) is 21.7. The third kappa shape index (κ3) is 6.87. The fourth-order valence-electron chi connectivity index (χ4n) is 2.96. The van der Waals surface area contributed by atoms with E-state index in [4.69, 9.17) is 0 Å². The number of guanidine groups is 1. The van der Waals surface area contributed by atoms with Gasteiger partial charge >= 0.3 is 0 Å². The number of carbonyl (C=O) groups is 2. The maximum Gasteiger partial charge on any atom is 0.227 e. The van der Waals surface area contributed by atoms with Gasteiger partial charge in [-0.15, -0.1) is 0 Å². The highest BCUT2D eigenvalue weighted by molar-refractivity contribution is 5.95. The molecule has 7 heteroatoms. The van der Waals surface area contributed by atoms with Gasteiger partial charge in [0.2, 0.25) is 11.8 Å². The monoisotopic (exact) mass is 387 g/mol. The quantitative estimate of drug-likeness (QED) is 0.448. The van der Waals surface area contributed by atoms with Crippen LogP contribution in [0.3, 0.4) is 0 Å². The molecule has 1 heterocycles. The summed E-state index contributed by atoms with van der Waals surface area (Å²) in [5, 5.41) is 9.35. The number of nitrogens with zero attached hydrogens (tertiary/aromatic N) is 2. The van der Waals surface area contributed by atoms with Crippen LogP contribution in [-0.2, 0) is 16.1 Å². The van der Waals surface area contributed by atoms with Crippen LogP contribution in [0.4, 0.5) is 5.69 Å². The molecule has 3 N–H and O–H groups in total. The van der Waals surface area contributed by atoms with Gasteiger partial charge in [-0.1, -0.05) is 19.1 Å². The Kier molecular flexibility index (Phi) is 8.78. The van der Waals surface area contributed by atoms with E-state index in [0.717, 1.165) is 37.2 Å². The molecule has 154 valence electrons. The van der Waals surface area contributed by atoms with Gasteiger partial charge in [-0.2, -0.15) is 0 Å². The number of hydrogen-bond donors (Lipinski definition) is 3. The fraction of sp³-hybridized carbons (Fsp3) is 0.571. The largest absolute Gasteiger partial charge is 0.357 e. The van der Waals surface area contributed by atoms with Crippen LogP contribution in [-0.4, -0.2) is 43.5 Å². The molecule has 0 aromatic heterocycles. The minimum atomic E-state index is 0.0461. The molecule has 1 unspecified atom stereocenters. The molecule has 2 amide bonds. The van der Waals surface area contributed by atoms with Gasteiger partial charge in [0.1, 0.15) is 0 Å². The van der Waals surface area contributed by atoms with Crippen molar-refractivity contribution in [2.45, 2.75) is 59.0 Å². The lowest BCUT2D eigenvalue weighted by Gasteiger charge is -2.16. The summed E-state index contributed by atoms with van der Waals surface area (Å²) in [5.74, 6) is 0.934. The molecule has 1 fully saturated rings. The second-order valence-electron chi connectivity index (χ2n) is 7.06. The van der Waals surface area contributed by atoms with Crippen LogP contribution in [0.5, 0.6) is 0 Å². The molecule has 1 aromatic rings. The van der Waals surface area contributed by atoms with Crippen molar-refractivity contribution < 1.29 is 9.59 Å². The van der Waals surface area contributed by atoms with Crippen LogP contribution < -0.4 is 20.9 Å². The maximum atomic E-state index is 11.9.